The Hall–Kier alpha value is -1.43. The molecular formula is C13H15BrN2O3. The molecule has 0 N–H and O–H groups in total. The van der Waals surface area contributed by atoms with Crippen LogP contribution in [0, 0.1) is 22.0 Å². The van der Waals surface area contributed by atoms with Gasteiger partial charge in [0.05, 0.1) is 9.40 Å². The molecule has 6 heteroatoms. The van der Waals surface area contributed by atoms with Gasteiger partial charge in [-0.2, -0.15) is 0 Å². The first-order valence-corrected chi connectivity index (χ1v) is 6.92. The fourth-order valence-electron chi connectivity index (χ4n) is 2.26. The van der Waals surface area contributed by atoms with Crippen LogP contribution in [0.1, 0.15) is 24.2 Å². The maximum Gasteiger partial charge on any atom is 0.284 e. The highest BCUT2D eigenvalue weighted by Gasteiger charge is 2.30. The lowest BCUT2D eigenvalue weighted by molar-refractivity contribution is -0.385. The molecule has 5 nitrogen and oxygen atoms in total. The van der Waals surface area contributed by atoms with Crippen LogP contribution < -0.4 is 0 Å². The van der Waals surface area contributed by atoms with Crippen LogP contribution in [0.2, 0.25) is 0 Å². The number of halogens is 1. The summed E-state index contributed by atoms with van der Waals surface area (Å²) < 4.78 is 0.386. The summed E-state index contributed by atoms with van der Waals surface area (Å²) in [5.41, 5.74) is 0.294. The van der Waals surface area contributed by atoms with Crippen molar-refractivity contribution in [3.63, 3.8) is 0 Å². The van der Waals surface area contributed by atoms with Crippen LogP contribution >= 0.6 is 15.9 Å². The monoisotopic (exact) mass is 326 g/mol. The van der Waals surface area contributed by atoms with Crippen molar-refractivity contribution < 1.29 is 9.72 Å². The minimum atomic E-state index is -0.490. The summed E-state index contributed by atoms with van der Waals surface area (Å²) in [6, 6.07) is 4.50. The maximum atomic E-state index is 12.3. The van der Waals surface area contributed by atoms with E-state index in [0.717, 1.165) is 0 Å². The van der Waals surface area contributed by atoms with E-state index in [9.17, 15) is 14.9 Å². The standard InChI is InChI=1S/C13H15BrN2O3/c1-8-6-15(7-9(8)2)13(17)10-3-4-11(14)12(5-10)16(18)19/h3-5,8-9H,6-7H2,1-2H3. The number of carbonyl (C=O) groups is 1. The second-order valence-corrected chi connectivity index (χ2v) is 5.94. The molecule has 1 heterocycles. The van der Waals surface area contributed by atoms with Crippen molar-refractivity contribution in [2.24, 2.45) is 11.8 Å². The Labute approximate surface area is 119 Å². The van der Waals surface area contributed by atoms with Crippen molar-refractivity contribution >= 4 is 27.5 Å². The van der Waals surface area contributed by atoms with Crippen molar-refractivity contribution in [1.29, 1.82) is 0 Å². The zero-order chi connectivity index (χ0) is 14.2. The van der Waals surface area contributed by atoms with Crippen LogP contribution in [0.3, 0.4) is 0 Å². The lowest BCUT2D eigenvalue weighted by atomic mass is 10.0. The Balaban J connectivity index is 2.25. The van der Waals surface area contributed by atoms with Gasteiger partial charge in [0.15, 0.2) is 0 Å². The second kappa shape index (κ2) is 5.28. The Bertz CT molecular complexity index is 523. The number of nitro groups is 1. The van der Waals surface area contributed by atoms with Crippen LogP contribution in [0.4, 0.5) is 5.69 Å². The van der Waals surface area contributed by atoms with Gasteiger partial charge >= 0.3 is 0 Å². The number of benzene rings is 1. The molecule has 1 aliphatic rings. The smallest absolute Gasteiger partial charge is 0.284 e. The van der Waals surface area contributed by atoms with Crippen LogP contribution in [-0.4, -0.2) is 28.8 Å². The van der Waals surface area contributed by atoms with Crippen molar-refractivity contribution in [2.75, 3.05) is 13.1 Å². The maximum absolute atomic E-state index is 12.3. The molecule has 2 rings (SSSR count). The molecule has 19 heavy (non-hydrogen) atoms. The molecular weight excluding hydrogens is 312 g/mol. The highest BCUT2D eigenvalue weighted by atomic mass is 79.9. The molecule has 2 unspecified atom stereocenters. The average molecular weight is 327 g/mol. The van der Waals surface area contributed by atoms with E-state index in [1.165, 1.54) is 6.07 Å². The number of hydrogen-bond acceptors (Lipinski definition) is 3. The van der Waals surface area contributed by atoms with E-state index in [4.69, 9.17) is 0 Å². The topological polar surface area (TPSA) is 63.5 Å². The Morgan fingerprint density at radius 3 is 2.47 bits per heavy atom. The first-order chi connectivity index (χ1) is 8.90. The number of likely N-dealkylation sites (tertiary alicyclic amines) is 1. The van der Waals surface area contributed by atoms with Gasteiger partial charge < -0.3 is 4.90 Å². The molecule has 0 aromatic heterocycles. The first kappa shape index (κ1) is 14.0. The summed E-state index contributed by atoms with van der Waals surface area (Å²) in [6.45, 7) is 5.65. The third kappa shape index (κ3) is 2.78. The molecule has 1 aliphatic heterocycles. The van der Waals surface area contributed by atoms with Crippen molar-refractivity contribution in [3.8, 4) is 0 Å². The van der Waals surface area contributed by atoms with Gasteiger partial charge in [-0.3, -0.25) is 14.9 Å². The average Bonchev–Trinajstić information content (AvgIpc) is 2.69. The summed E-state index contributed by atoms with van der Waals surface area (Å²) in [5, 5.41) is 10.9. The number of nitro benzene ring substituents is 1. The van der Waals surface area contributed by atoms with Gasteiger partial charge in [-0.1, -0.05) is 13.8 Å². The third-order valence-corrected chi connectivity index (χ3v) is 4.34. The van der Waals surface area contributed by atoms with Crippen LogP contribution in [0.15, 0.2) is 22.7 Å². The van der Waals surface area contributed by atoms with Crippen molar-refractivity contribution in [2.45, 2.75) is 13.8 Å². The van der Waals surface area contributed by atoms with Gasteiger partial charge in [0.25, 0.3) is 11.6 Å². The Morgan fingerprint density at radius 2 is 1.95 bits per heavy atom. The molecule has 1 aromatic carbocycles. The third-order valence-electron chi connectivity index (χ3n) is 3.67. The summed E-state index contributed by atoms with van der Waals surface area (Å²) in [6.07, 6.45) is 0. The van der Waals surface area contributed by atoms with Gasteiger partial charge in [0, 0.05) is 24.7 Å². The number of nitrogens with zero attached hydrogens (tertiary/aromatic N) is 2. The Kier molecular flexibility index (Phi) is 3.89. The molecule has 102 valence electrons. The number of rotatable bonds is 2. The zero-order valence-electron chi connectivity index (χ0n) is 10.8. The molecule has 2 atom stereocenters. The molecule has 0 bridgehead atoms. The van der Waals surface area contributed by atoms with E-state index in [1.54, 1.807) is 17.0 Å². The number of amides is 1. The minimum Gasteiger partial charge on any atom is -0.338 e. The van der Waals surface area contributed by atoms with E-state index in [2.05, 4.69) is 29.8 Å². The fourth-order valence-corrected chi connectivity index (χ4v) is 2.66. The highest BCUT2D eigenvalue weighted by Crippen LogP contribution is 2.28. The second-order valence-electron chi connectivity index (χ2n) is 5.09. The highest BCUT2D eigenvalue weighted by molar-refractivity contribution is 9.10. The Morgan fingerprint density at radius 1 is 1.37 bits per heavy atom. The molecule has 1 aromatic rings. The van der Waals surface area contributed by atoms with Gasteiger partial charge in [0.1, 0.15) is 0 Å². The summed E-state index contributed by atoms with van der Waals surface area (Å²) >= 11 is 3.12. The zero-order valence-corrected chi connectivity index (χ0v) is 12.4. The van der Waals surface area contributed by atoms with Crippen LogP contribution in [0.5, 0.6) is 0 Å². The molecule has 0 spiro atoms. The van der Waals surface area contributed by atoms with E-state index < -0.39 is 4.92 Å². The number of carbonyl (C=O) groups excluding carboxylic acids is 1. The molecule has 0 radical (unpaired) electrons. The number of hydrogen-bond donors (Lipinski definition) is 0. The molecule has 0 saturated carbocycles. The fraction of sp³-hybridized carbons (Fsp3) is 0.462. The van der Waals surface area contributed by atoms with Gasteiger partial charge in [-0.25, -0.2) is 0 Å². The molecule has 1 amide bonds. The summed E-state index contributed by atoms with van der Waals surface area (Å²) in [5.74, 6) is 0.801. The normalized spacial score (nSPS) is 22.6. The predicted octanol–water partition coefficient (Wildman–Crippen LogP) is 3.09. The lowest BCUT2D eigenvalue weighted by Gasteiger charge is -2.16. The minimum absolute atomic E-state index is 0.0776. The lowest BCUT2D eigenvalue weighted by Crippen LogP contribution is -2.28. The van der Waals surface area contributed by atoms with Gasteiger partial charge in [-0.05, 0) is 39.9 Å². The van der Waals surface area contributed by atoms with Crippen LogP contribution in [0.25, 0.3) is 0 Å². The summed E-state index contributed by atoms with van der Waals surface area (Å²) in [7, 11) is 0. The van der Waals surface area contributed by atoms with E-state index in [1.807, 2.05) is 0 Å². The molecule has 1 saturated heterocycles. The van der Waals surface area contributed by atoms with Crippen molar-refractivity contribution in [1.82, 2.24) is 4.90 Å². The largest absolute Gasteiger partial charge is 0.338 e. The van der Waals surface area contributed by atoms with E-state index in [0.29, 0.717) is 35.0 Å². The van der Waals surface area contributed by atoms with Crippen molar-refractivity contribution in [3.05, 3.63) is 38.3 Å². The molecule has 0 aliphatic carbocycles. The van der Waals surface area contributed by atoms with E-state index >= 15 is 0 Å². The SMILES string of the molecule is CC1CN(C(=O)c2ccc(Br)c([N+](=O)[O-])c2)CC1C. The summed E-state index contributed by atoms with van der Waals surface area (Å²) in [4.78, 5) is 24.5. The quantitative estimate of drug-likeness (QED) is 0.619. The van der Waals surface area contributed by atoms with Gasteiger partial charge in [-0.15, -0.1) is 0 Å². The van der Waals surface area contributed by atoms with Gasteiger partial charge in [0.2, 0.25) is 0 Å². The van der Waals surface area contributed by atoms with E-state index in [-0.39, 0.29) is 11.6 Å². The first-order valence-electron chi connectivity index (χ1n) is 6.13. The molecule has 1 fully saturated rings. The van der Waals surface area contributed by atoms with Crippen LogP contribution in [-0.2, 0) is 0 Å². The predicted molar refractivity (Wildman–Crippen MR) is 75.0 cm³/mol.